The molecule has 0 unspecified atom stereocenters. The van der Waals surface area contributed by atoms with Crippen LogP contribution in [0.4, 0.5) is 13.2 Å². The number of pyridine rings is 1. The molecule has 5 nitrogen and oxygen atoms in total. The van der Waals surface area contributed by atoms with Crippen LogP contribution in [0.5, 0.6) is 11.6 Å². The molecule has 1 saturated carbocycles. The molecule has 2 fully saturated rings. The molecule has 1 saturated heterocycles. The molecule has 1 spiro atoms. The number of rotatable bonds is 4. The Morgan fingerprint density at radius 2 is 1.96 bits per heavy atom. The van der Waals surface area contributed by atoms with Crippen LogP contribution in [0.2, 0.25) is 0 Å². The normalized spacial score (nSPS) is 20.9. The van der Waals surface area contributed by atoms with Crippen molar-refractivity contribution in [1.29, 1.82) is 0 Å². The van der Waals surface area contributed by atoms with Gasteiger partial charge in [-0.2, -0.15) is 0 Å². The van der Waals surface area contributed by atoms with Crippen LogP contribution >= 0.6 is 0 Å². The standard InChI is InChI=1S/C15H17F3N2O3/c16-15(17,18)23-12-1-2-13(19-7-12)22-11-3-5-14(6-4-11)8-20(9-14)10-21/h1-2,7,10-11H,3-6,8-9H2. The number of ether oxygens (including phenoxy) is 2. The van der Waals surface area contributed by atoms with Crippen molar-refractivity contribution in [3.63, 3.8) is 0 Å². The van der Waals surface area contributed by atoms with Gasteiger partial charge in [0.05, 0.1) is 6.20 Å². The van der Waals surface area contributed by atoms with Crippen LogP contribution in [0.1, 0.15) is 25.7 Å². The number of likely N-dealkylation sites (tertiary alicyclic amines) is 1. The average molecular weight is 330 g/mol. The SMILES string of the molecule is O=CN1CC2(CCC(Oc3ccc(OC(F)(F)F)cn3)CC2)C1. The van der Waals surface area contributed by atoms with E-state index in [2.05, 4.69) is 9.72 Å². The van der Waals surface area contributed by atoms with Gasteiger partial charge in [0.2, 0.25) is 12.3 Å². The molecule has 0 atom stereocenters. The largest absolute Gasteiger partial charge is 0.573 e. The van der Waals surface area contributed by atoms with E-state index in [1.165, 1.54) is 12.1 Å². The second-order valence-electron chi connectivity index (χ2n) is 6.21. The Balaban J connectivity index is 1.48. The van der Waals surface area contributed by atoms with Crippen molar-refractivity contribution < 1.29 is 27.4 Å². The molecule has 8 heteroatoms. The first kappa shape index (κ1) is 15.9. The summed E-state index contributed by atoms with van der Waals surface area (Å²) in [4.78, 5) is 16.3. The number of alkyl halides is 3. The minimum absolute atomic E-state index is 0.00721. The first-order chi connectivity index (χ1) is 10.9. The highest BCUT2D eigenvalue weighted by molar-refractivity contribution is 5.49. The van der Waals surface area contributed by atoms with E-state index in [0.717, 1.165) is 51.4 Å². The van der Waals surface area contributed by atoms with Gasteiger partial charge in [-0.3, -0.25) is 4.79 Å². The molecule has 0 N–H and O–H groups in total. The number of nitrogens with zero attached hydrogens (tertiary/aromatic N) is 2. The molecule has 1 aromatic heterocycles. The molecule has 1 aliphatic carbocycles. The summed E-state index contributed by atoms with van der Waals surface area (Å²) in [5.74, 6) is -0.0699. The van der Waals surface area contributed by atoms with Gasteiger partial charge in [0, 0.05) is 24.6 Å². The second kappa shape index (κ2) is 5.90. The van der Waals surface area contributed by atoms with Gasteiger partial charge in [-0.1, -0.05) is 0 Å². The Morgan fingerprint density at radius 3 is 2.48 bits per heavy atom. The Kier molecular flexibility index (Phi) is 4.08. The van der Waals surface area contributed by atoms with Gasteiger partial charge in [0.15, 0.2) is 0 Å². The van der Waals surface area contributed by atoms with Crippen LogP contribution < -0.4 is 9.47 Å². The molecule has 2 aliphatic rings. The summed E-state index contributed by atoms with van der Waals surface area (Å²) in [5.41, 5.74) is 0.235. The summed E-state index contributed by atoms with van der Waals surface area (Å²) < 4.78 is 45.7. The number of hydrogen-bond donors (Lipinski definition) is 0. The number of halogens is 3. The molecule has 1 aromatic rings. The zero-order valence-electron chi connectivity index (χ0n) is 12.4. The summed E-state index contributed by atoms with van der Waals surface area (Å²) in [5, 5.41) is 0. The second-order valence-corrected chi connectivity index (χ2v) is 6.21. The van der Waals surface area contributed by atoms with E-state index >= 15 is 0 Å². The lowest BCUT2D eigenvalue weighted by molar-refractivity contribution is -0.274. The third-order valence-electron chi connectivity index (χ3n) is 4.45. The lowest BCUT2D eigenvalue weighted by Gasteiger charge is -2.51. The van der Waals surface area contributed by atoms with Crippen LogP contribution in [-0.2, 0) is 4.79 Å². The van der Waals surface area contributed by atoms with Crippen molar-refractivity contribution in [1.82, 2.24) is 9.88 Å². The first-order valence-electron chi connectivity index (χ1n) is 7.45. The lowest BCUT2D eigenvalue weighted by atomic mass is 9.68. The van der Waals surface area contributed by atoms with Gasteiger partial charge in [-0.25, -0.2) is 4.98 Å². The minimum atomic E-state index is -4.72. The average Bonchev–Trinajstić information content (AvgIpc) is 2.46. The van der Waals surface area contributed by atoms with Gasteiger partial charge in [-0.15, -0.1) is 13.2 Å². The zero-order chi connectivity index (χ0) is 16.5. The Morgan fingerprint density at radius 1 is 1.26 bits per heavy atom. The summed E-state index contributed by atoms with van der Waals surface area (Å²) in [6, 6.07) is 2.57. The molecule has 1 amide bonds. The molecular formula is C15H17F3N2O3. The zero-order valence-corrected chi connectivity index (χ0v) is 12.4. The van der Waals surface area contributed by atoms with Gasteiger partial charge < -0.3 is 14.4 Å². The molecule has 3 rings (SSSR count). The first-order valence-corrected chi connectivity index (χ1v) is 7.45. The number of aromatic nitrogens is 1. The summed E-state index contributed by atoms with van der Waals surface area (Å²) in [6.45, 7) is 1.62. The molecular weight excluding hydrogens is 313 g/mol. The van der Waals surface area contributed by atoms with Crippen LogP contribution in [0, 0.1) is 5.41 Å². The predicted molar refractivity (Wildman–Crippen MR) is 73.9 cm³/mol. The van der Waals surface area contributed by atoms with E-state index in [-0.39, 0.29) is 17.3 Å². The highest BCUT2D eigenvalue weighted by atomic mass is 19.4. The smallest absolute Gasteiger partial charge is 0.474 e. The van der Waals surface area contributed by atoms with Crippen molar-refractivity contribution >= 4 is 6.41 Å². The summed E-state index contributed by atoms with van der Waals surface area (Å²) in [6.07, 6.45) is 0.843. The highest BCUT2D eigenvalue weighted by Crippen LogP contribution is 2.43. The van der Waals surface area contributed by atoms with Crippen LogP contribution in [-0.4, -0.2) is 41.8 Å². The monoisotopic (exact) mass is 330 g/mol. The quantitative estimate of drug-likeness (QED) is 0.797. The van der Waals surface area contributed by atoms with Gasteiger partial charge in [0.1, 0.15) is 11.9 Å². The molecule has 0 bridgehead atoms. The van der Waals surface area contributed by atoms with E-state index in [9.17, 15) is 18.0 Å². The van der Waals surface area contributed by atoms with Crippen molar-refractivity contribution in [2.45, 2.75) is 38.1 Å². The fraction of sp³-hybridized carbons (Fsp3) is 0.600. The highest BCUT2D eigenvalue weighted by Gasteiger charge is 2.45. The van der Waals surface area contributed by atoms with E-state index < -0.39 is 6.36 Å². The summed E-state index contributed by atoms with van der Waals surface area (Å²) in [7, 11) is 0. The van der Waals surface area contributed by atoms with E-state index in [1.807, 2.05) is 0 Å². The molecule has 23 heavy (non-hydrogen) atoms. The molecule has 2 heterocycles. The predicted octanol–water partition coefficient (Wildman–Crippen LogP) is 2.76. The Bertz CT molecular complexity index is 546. The maximum Gasteiger partial charge on any atom is 0.573 e. The van der Waals surface area contributed by atoms with Gasteiger partial charge >= 0.3 is 6.36 Å². The van der Waals surface area contributed by atoms with Crippen molar-refractivity contribution in [3.05, 3.63) is 18.3 Å². The fourth-order valence-electron chi connectivity index (χ4n) is 3.33. The lowest BCUT2D eigenvalue weighted by Crippen LogP contribution is -2.57. The topological polar surface area (TPSA) is 51.7 Å². The van der Waals surface area contributed by atoms with Gasteiger partial charge in [-0.05, 0) is 31.7 Å². The fourth-order valence-corrected chi connectivity index (χ4v) is 3.33. The Hall–Kier alpha value is -1.99. The van der Waals surface area contributed by atoms with Crippen molar-refractivity contribution in [2.75, 3.05) is 13.1 Å². The molecule has 0 radical (unpaired) electrons. The van der Waals surface area contributed by atoms with Crippen molar-refractivity contribution in [3.8, 4) is 11.6 Å². The number of hydrogen-bond acceptors (Lipinski definition) is 4. The molecule has 1 aliphatic heterocycles. The van der Waals surface area contributed by atoms with Crippen molar-refractivity contribution in [2.24, 2.45) is 5.41 Å². The maximum absolute atomic E-state index is 12.1. The maximum atomic E-state index is 12.1. The molecule has 0 aromatic carbocycles. The van der Waals surface area contributed by atoms with E-state index in [4.69, 9.17) is 4.74 Å². The summed E-state index contributed by atoms with van der Waals surface area (Å²) >= 11 is 0. The van der Waals surface area contributed by atoms with Gasteiger partial charge in [0.25, 0.3) is 0 Å². The van der Waals surface area contributed by atoms with Crippen LogP contribution in [0.3, 0.4) is 0 Å². The Labute approximate surface area is 131 Å². The number of carbonyl (C=O) groups excluding carboxylic acids is 1. The van der Waals surface area contributed by atoms with Crippen LogP contribution in [0.15, 0.2) is 18.3 Å². The van der Waals surface area contributed by atoms with E-state index in [0.29, 0.717) is 5.88 Å². The molecule has 126 valence electrons. The number of amides is 1. The third kappa shape index (κ3) is 3.86. The van der Waals surface area contributed by atoms with E-state index in [1.54, 1.807) is 4.90 Å². The third-order valence-corrected chi connectivity index (χ3v) is 4.45. The minimum Gasteiger partial charge on any atom is -0.474 e. The number of carbonyl (C=O) groups is 1. The van der Waals surface area contributed by atoms with Crippen LogP contribution in [0.25, 0.3) is 0 Å².